The van der Waals surface area contributed by atoms with E-state index < -0.39 is 5.97 Å². The van der Waals surface area contributed by atoms with E-state index in [1.807, 2.05) is 55.7 Å². The van der Waals surface area contributed by atoms with Crippen LogP contribution in [-0.2, 0) is 13.1 Å². The largest absolute Gasteiger partial charge is 0.493 e. The summed E-state index contributed by atoms with van der Waals surface area (Å²) in [7, 11) is 1.61. The summed E-state index contributed by atoms with van der Waals surface area (Å²) in [5.74, 6) is 0.439. The molecular formula is C24H27ClN2O4. The Kier molecular flexibility index (Phi) is 7.25. The number of aromatic nitrogens is 1. The lowest BCUT2D eigenvalue weighted by Crippen LogP contribution is -2.15. The number of hydrogen-bond acceptors (Lipinski definition) is 4. The Morgan fingerprint density at radius 2 is 1.77 bits per heavy atom. The molecule has 2 N–H and O–H groups in total. The van der Waals surface area contributed by atoms with Gasteiger partial charge in [-0.15, -0.1) is 0 Å². The molecule has 0 saturated carbocycles. The molecule has 0 aliphatic carbocycles. The number of aromatic carboxylic acids is 1. The van der Waals surface area contributed by atoms with E-state index in [1.54, 1.807) is 19.2 Å². The summed E-state index contributed by atoms with van der Waals surface area (Å²) < 4.78 is 12.9. The van der Waals surface area contributed by atoms with Crippen LogP contribution < -0.4 is 14.8 Å². The van der Waals surface area contributed by atoms with Crippen LogP contribution in [0.2, 0.25) is 5.02 Å². The predicted octanol–water partition coefficient (Wildman–Crippen LogP) is 5.14. The Bertz CT molecular complexity index is 1070. The van der Waals surface area contributed by atoms with Crippen molar-refractivity contribution in [2.24, 2.45) is 0 Å². The van der Waals surface area contributed by atoms with Gasteiger partial charge in [0.2, 0.25) is 0 Å². The monoisotopic (exact) mass is 442 g/mol. The molecule has 0 aliphatic heterocycles. The van der Waals surface area contributed by atoms with E-state index in [1.165, 1.54) is 0 Å². The van der Waals surface area contributed by atoms with Crippen LogP contribution in [0.3, 0.4) is 0 Å². The van der Waals surface area contributed by atoms with Gasteiger partial charge in [-0.1, -0.05) is 17.7 Å². The molecule has 2 aromatic carbocycles. The summed E-state index contributed by atoms with van der Waals surface area (Å²) in [5, 5.41) is 13.8. The van der Waals surface area contributed by atoms with Gasteiger partial charge in [0.1, 0.15) is 0 Å². The minimum atomic E-state index is -0.937. The van der Waals surface area contributed by atoms with Gasteiger partial charge < -0.3 is 24.5 Å². The fourth-order valence-electron chi connectivity index (χ4n) is 3.80. The average Bonchev–Trinajstić information content (AvgIpc) is 2.99. The highest BCUT2D eigenvalue weighted by molar-refractivity contribution is 6.30. The van der Waals surface area contributed by atoms with E-state index in [0.717, 1.165) is 22.5 Å². The third-order valence-corrected chi connectivity index (χ3v) is 5.48. The van der Waals surface area contributed by atoms with E-state index in [2.05, 4.69) is 5.32 Å². The average molecular weight is 443 g/mol. The van der Waals surface area contributed by atoms with Gasteiger partial charge in [-0.25, -0.2) is 4.79 Å². The quantitative estimate of drug-likeness (QED) is 0.480. The smallest absolute Gasteiger partial charge is 0.337 e. The standard InChI is InChI=1S/C24H27ClN2O4/c1-5-31-21-11-6-17(12-22(21)30-4)13-26-14-20-15(2)27(16(3)23(20)24(28)29)19-9-7-18(25)8-10-19/h6-12,26H,5,13-14H2,1-4H3,(H,28,29). The van der Waals surface area contributed by atoms with Crippen LogP contribution in [0.15, 0.2) is 42.5 Å². The number of methoxy groups -OCH3 is 1. The van der Waals surface area contributed by atoms with Crippen LogP contribution in [0, 0.1) is 13.8 Å². The van der Waals surface area contributed by atoms with Crippen molar-refractivity contribution in [3.05, 3.63) is 75.6 Å². The second-order valence-corrected chi connectivity index (χ2v) is 7.60. The Hall–Kier alpha value is -2.96. The molecule has 0 fully saturated rings. The molecule has 0 aliphatic rings. The number of nitrogens with one attached hydrogen (secondary N) is 1. The zero-order chi connectivity index (χ0) is 22.5. The van der Waals surface area contributed by atoms with Gasteiger partial charge in [0.25, 0.3) is 0 Å². The Balaban J connectivity index is 1.84. The second kappa shape index (κ2) is 9.90. The van der Waals surface area contributed by atoms with Gasteiger partial charge in [0.05, 0.1) is 19.3 Å². The normalized spacial score (nSPS) is 10.9. The number of halogens is 1. The maximum Gasteiger partial charge on any atom is 0.337 e. The van der Waals surface area contributed by atoms with Crippen LogP contribution >= 0.6 is 11.6 Å². The minimum absolute atomic E-state index is 0.323. The molecule has 0 saturated heterocycles. The molecule has 0 radical (unpaired) electrons. The summed E-state index contributed by atoms with van der Waals surface area (Å²) >= 11 is 6.01. The van der Waals surface area contributed by atoms with Crippen LogP contribution in [0.5, 0.6) is 11.5 Å². The lowest BCUT2D eigenvalue weighted by Gasteiger charge is -2.12. The van der Waals surface area contributed by atoms with Gasteiger partial charge in [-0.2, -0.15) is 0 Å². The Morgan fingerprint density at radius 1 is 1.06 bits per heavy atom. The van der Waals surface area contributed by atoms with E-state index in [9.17, 15) is 9.90 Å². The van der Waals surface area contributed by atoms with Gasteiger partial charge in [-0.05, 0) is 62.7 Å². The van der Waals surface area contributed by atoms with Crippen molar-refractivity contribution in [1.29, 1.82) is 0 Å². The van der Waals surface area contributed by atoms with Crippen molar-refractivity contribution < 1.29 is 19.4 Å². The summed E-state index contributed by atoms with van der Waals surface area (Å²) in [6.45, 7) is 7.23. The van der Waals surface area contributed by atoms with Gasteiger partial charge >= 0.3 is 5.97 Å². The zero-order valence-corrected chi connectivity index (χ0v) is 18.9. The minimum Gasteiger partial charge on any atom is -0.493 e. The first kappa shape index (κ1) is 22.7. The topological polar surface area (TPSA) is 72.7 Å². The molecule has 3 aromatic rings. The first-order chi connectivity index (χ1) is 14.9. The molecule has 0 amide bonds. The third-order valence-electron chi connectivity index (χ3n) is 5.23. The lowest BCUT2D eigenvalue weighted by molar-refractivity contribution is 0.0695. The number of carboxylic acid groups (broad SMARTS) is 1. The zero-order valence-electron chi connectivity index (χ0n) is 18.2. The highest BCUT2D eigenvalue weighted by Gasteiger charge is 2.23. The predicted molar refractivity (Wildman–Crippen MR) is 122 cm³/mol. The molecule has 7 heteroatoms. The van der Waals surface area contributed by atoms with Crippen molar-refractivity contribution in [3.63, 3.8) is 0 Å². The van der Waals surface area contributed by atoms with Crippen molar-refractivity contribution >= 4 is 17.6 Å². The van der Waals surface area contributed by atoms with Crippen molar-refractivity contribution in [3.8, 4) is 17.2 Å². The Morgan fingerprint density at radius 3 is 2.39 bits per heavy atom. The summed E-state index contributed by atoms with van der Waals surface area (Å²) in [5.41, 5.74) is 4.55. The summed E-state index contributed by atoms with van der Waals surface area (Å²) in [4.78, 5) is 12.0. The number of benzene rings is 2. The molecule has 0 spiro atoms. The molecule has 1 heterocycles. The van der Waals surface area contributed by atoms with Gasteiger partial charge in [0, 0.05) is 40.8 Å². The Labute approximate surface area is 187 Å². The highest BCUT2D eigenvalue weighted by Crippen LogP contribution is 2.29. The van der Waals surface area contributed by atoms with Crippen molar-refractivity contribution in [2.45, 2.75) is 33.9 Å². The van der Waals surface area contributed by atoms with Crippen LogP contribution in [0.25, 0.3) is 5.69 Å². The SMILES string of the molecule is CCOc1ccc(CNCc2c(C(=O)O)c(C)n(-c3ccc(Cl)cc3)c2C)cc1OC. The molecule has 164 valence electrons. The number of carboxylic acids is 1. The van der Waals surface area contributed by atoms with Gasteiger partial charge in [-0.3, -0.25) is 0 Å². The number of ether oxygens (including phenoxy) is 2. The van der Waals surface area contributed by atoms with Crippen molar-refractivity contribution in [2.75, 3.05) is 13.7 Å². The fourth-order valence-corrected chi connectivity index (χ4v) is 3.93. The first-order valence-electron chi connectivity index (χ1n) is 10.1. The number of hydrogen-bond donors (Lipinski definition) is 2. The fraction of sp³-hybridized carbons (Fsp3) is 0.292. The van der Waals surface area contributed by atoms with Crippen molar-refractivity contribution in [1.82, 2.24) is 9.88 Å². The van der Waals surface area contributed by atoms with Gasteiger partial charge in [0.15, 0.2) is 11.5 Å². The first-order valence-corrected chi connectivity index (χ1v) is 10.5. The molecule has 0 bridgehead atoms. The number of carbonyl (C=O) groups is 1. The molecule has 6 nitrogen and oxygen atoms in total. The summed E-state index contributed by atoms with van der Waals surface area (Å²) in [6, 6.07) is 13.1. The highest BCUT2D eigenvalue weighted by atomic mass is 35.5. The lowest BCUT2D eigenvalue weighted by atomic mass is 10.1. The molecule has 3 rings (SSSR count). The molecule has 1 aromatic heterocycles. The third kappa shape index (κ3) is 4.86. The van der Waals surface area contributed by atoms with Crippen LogP contribution in [-0.4, -0.2) is 29.4 Å². The molecule has 0 unspecified atom stereocenters. The molecular weight excluding hydrogens is 416 g/mol. The maximum atomic E-state index is 12.0. The molecule has 0 atom stereocenters. The second-order valence-electron chi connectivity index (χ2n) is 7.16. The number of rotatable bonds is 9. The van der Waals surface area contributed by atoms with E-state index >= 15 is 0 Å². The molecule has 31 heavy (non-hydrogen) atoms. The van der Waals surface area contributed by atoms with Crippen LogP contribution in [0.4, 0.5) is 0 Å². The van der Waals surface area contributed by atoms with E-state index in [0.29, 0.717) is 47.5 Å². The summed E-state index contributed by atoms with van der Waals surface area (Å²) in [6.07, 6.45) is 0. The maximum absolute atomic E-state index is 12.0. The van der Waals surface area contributed by atoms with E-state index in [4.69, 9.17) is 21.1 Å². The number of nitrogens with zero attached hydrogens (tertiary/aromatic N) is 1. The van der Waals surface area contributed by atoms with E-state index in [-0.39, 0.29) is 0 Å². The van der Waals surface area contributed by atoms with Crippen LogP contribution in [0.1, 0.15) is 39.8 Å².